The number of ether oxygens (including phenoxy) is 1. The Morgan fingerprint density at radius 1 is 0.919 bits per heavy atom. The number of hydrazine groups is 1. The molecule has 2 aliphatic heterocycles. The van der Waals surface area contributed by atoms with Crippen LogP contribution < -0.4 is 5.32 Å². The van der Waals surface area contributed by atoms with E-state index in [1.54, 1.807) is 54.4 Å². The molecule has 188 valence electrons. The zero-order chi connectivity index (χ0) is 26.1. The molecule has 7 nitrogen and oxygen atoms in total. The Morgan fingerprint density at radius 2 is 1.54 bits per heavy atom. The Hall–Kier alpha value is -3.65. The van der Waals surface area contributed by atoms with Crippen LogP contribution in [0.4, 0.5) is 0 Å². The van der Waals surface area contributed by atoms with Gasteiger partial charge in [-0.2, -0.15) is 5.01 Å². The number of nitrogens with zero attached hydrogens (tertiary/aromatic N) is 2. The molecule has 0 unspecified atom stereocenters. The SMILES string of the molecule is CCOC(=O)C1=CN2C(=O)[C@H](NC(=O)c3ccccc3)[C@@H](c3ccccc3)N2[C@@H]1c1c(Cl)cccc1Cl. The second-order valence-electron chi connectivity index (χ2n) is 8.58. The van der Waals surface area contributed by atoms with Crippen LogP contribution in [-0.4, -0.2) is 40.5 Å². The Balaban J connectivity index is 1.64. The maximum atomic E-state index is 13.8. The highest BCUT2D eigenvalue weighted by atomic mass is 35.5. The third-order valence-corrected chi connectivity index (χ3v) is 7.07. The molecule has 0 saturated carbocycles. The molecule has 0 spiro atoms. The monoisotopic (exact) mass is 535 g/mol. The van der Waals surface area contributed by atoms with Crippen LogP contribution in [0.3, 0.4) is 0 Å². The van der Waals surface area contributed by atoms with E-state index in [4.69, 9.17) is 27.9 Å². The van der Waals surface area contributed by atoms with Crippen molar-refractivity contribution in [3.63, 3.8) is 0 Å². The van der Waals surface area contributed by atoms with Gasteiger partial charge in [-0.05, 0) is 36.8 Å². The standard InChI is InChI=1S/C28H23Cl2N3O4/c1-2-37-28(36)19-16-32-27(35)23(31-26(34)18-12-7-4-8-13-18)24(17-10-5-3-6-11-17)33(32)25(19)22-20(29)14-9-15-21(22)30/h3-16,23-25H,2H2,1H3,(H,31,34)/t23-,24-,25+/m1/s1. The first-order chi connectivity index (χ1) is 17.9. The molecule has 3 atom stereocenters. The van der Waals surface area contributed by atoms with E-state index in [0.29, 0.717) is 21.2 Å². The summed E-state index contributed by atoms with van der Waals surface area (Å²) in [7, 11) is 0. The summed E-state index contributed by atoms with van der Waals surface area (Å²) in [5.41, 5.74) is 1.89. The number of halogens is 2. The van der Waals surface area contributed by atoms with Crippen LogP contribution >= 0.6 is 23.2 Å². The van der Waals surface area contributed by atoms with Crippen LogP contribution in [0.25, 0.3) is 0 Å². The van der Waals surface area contributed by atoms with E-state index >= 15 is 0 Å². The van der Waals surface area contributed by atoms with Crippen LogP contribution in [0, 0.1) is 0 Å². The molecule has 2 amide bonds. The molecular formula is C28H23Cl2N3O4. The summed E-state index contributed by atoms with van der Waals surface area (Å²) in [6.07, 6.45) is 1.45. The Morgan fingerprint density at radius 3 is 2.16 bits per heavy atom. The average molecular weight is 536 g/mol. The van der Waals surface area contributed by atoms with Crippen molar-refractivity contribution < 1.29 is 19.1 Å². The Labute approximate surface area is 224 Å². The maximum Gasteiger partial charge on any atom is 0.337 e. The lowest BCUT2D eigenvalue weighted by Gasteiger charge is -2.33. The Bertz CT molecular complexity index is 1360. The number of amides is 2. The van der Waals surface area contributed by atoms with Gasteiger partial charge in [0.1, 0.15) is 6.04 Å². The number of hydrogen-bond donors (Lipinski definition) is 1. The van der Waals surface area contributed by atoms with E-state index in [-0.39, 0.29) is 18.1 Å². The number of carbonyl (C=O) groups excluding carboxylic acids is 3. The Kier molecular flexibility index (Phi) is 7.02. The molecule has 3 aromatic rings. The van der Waals surface area contributed by atoms with E-state index in [1.807, 2.05) is 36.4 Å². The highest BCUT2D eigenvalue weighted by Gasteiger charge is 2.56. The molecule has 1 N–H and O–H groups in total. The number of carbonyl (C=O) groups is 3. The van der Waals surface area contributed by atoms with Gasteiger partial charge >= 0.3 is 5.97 Å². The summed E-state index contributed by atoms with van der Waals surface area (Å²) in [4.78, 5) is 40.0. The smallest absolute Gasteiger partial charge is 0.337 e. The first-order valence-electron chi connectivity index (χ1n) is 11.8. The molecule has 2 aliphatic rings. The number of benzene rings is 3. The zero-order valence-electron chi connectivity index (χ0n) is 19.8. The lowest BCUT2D eigenvalue weighted by Crippen LogP contribution is -2.43. The van der Waals surface area contributed by atoms with Gasteiger partial charge in [-0.1, -0.05) is 77.8 Å². The molecule has 0 aromatic heterocycles. The maximum absolute atomic E-state index is 13.8. The van der Waals surface area contributed by atoms with Crippen LogP contribution in [0.2, 0.25) is 10.0 Å². The summed E-state index contributed by atoms with van der Waals surface area (Å²) in [5.74, 6) is -1.36. The number of rotatable bonds is 6. The molecule has 0 aliphatic carbocycles. The largest absolute Gasteiger partial charge is 0.463 e. The van der Waals surface area contributed by atoms with Gasteiger partial charge in [0.2, 0.25) is 0 Å². The molecule has 9 heteroatoms. The molecule has 0 bridgehead atoms. The molecule has 37 heavy (non-hydrogen) atoms. The second-order valence-corrected chi connectivity index (χ2v) is 9.39. The zero-order valence-corrected chi connectivity index (χ0v) is 21.3. The number of hydrogen-bond acceptors (Lipinski definition) is 5. The minimum Gasteiger partial charge on any atom is -0.463 e. The normalized spacial score (nSPS) is 20.9. The van der Waals surface area contributed by atoms with Crippen LogP contribution in [0.5, 0.6) is 0 Å². The van der Waals surface area contributed by atoms with Crippen molar-refractivity contribution in [3.05, 3.63) is 117 Å². The molecule has 5 rings (SSSR count). The van der Waals surface area contributed by atoms with E-state index in [1.165, 1.54) is 11.2 Å². The van der Waals surface area contributed by atoms with Crippen molar-refractivity contribution in [2.45, 2.75) is 25.0 Å². The quantitative estimate of drug-likeness (QED) is 0.444. The van der Waals surface area contributed by atoms with Crippen molar-refractivity contribution in [1.82, 2.24) is 15.3 Å². The summed E-state index contributed by atoms with van der Waals surface area (Å²) >= 11 is 13.2. The third-order valence-electron chi connectivity index (χ3n) is 6.41. The average Bonchev–Trinajstić information content (AvgIpc) is 3.40. The highest BCUT2D eigenvalue weighted by Crippen LogP contribution is 2.50. The van der Waals surface area contributed by atoms with Gasteiger partial charge in [0.25, 0.3) is 11.8 Å². The fourth-order valence-electron chi connectivity index (χ4n) is 4.83. The van der Waals surface area contributed by atoms with Gasteiger partial charge in [0.05, 0.1) is 24.3 Å². The van der Waals surface area contributed by atoms with Gasteiger partial charge in [-0.3, -0.25) is 9.59 Å². The van der Waals surface area contributed by atoms with Crippen LogP contribution in [0.1, 0.15) is 40.5 Å². The first kappa shape index (κ1) is 25.0. The fraction of sp³-hybridized carbons (Fsp3) is 0.179. The number of fused-ring (bicyclic) bond motifs is 1. The minimum absolute atomic E-state index is 0.158. The van der Waals surface area contributed by atoms with Crippen molar-refractivity contribution in [3.8, 4) is 0 Å². The minimum atomic E-state index is -0.945. The molecular weight excluding hydrogens is 513 g/mol. The van der Waals surface area contributed by atoms with Crippen molar-refractivity contribution in [1.29, 1.82) is 0 Å². The van der Waals surface area contributed by atoms with Gasteiger partial charge in [0, 0.05) is 27.4 Å². The van der Waals surface area contributed by atoms with E-state index in [9.17, 15) is 14.4 Å². The first-order valence-corrected chi connectivity index (χ1v) is 12.5. The van der Waals surface area contributed by atoms with Crippen molar-refractivity contribution in [2.75, 3.05) is 6.61 Å². The summed E-state index contributed by atoms with van der Waals surface area (Å²) < 4.78 is 5.32. The van der Waals surface area contributed by atoms with E-state index < -0.39 is 30.0 Å². The highest BCUT2D eigenvalue weighted by molar-refractivity contribution is 6.36. The predicted molar refractivity (Wildman–Crippen MR) is 139 cm³/mol. The molecule has 2 heterocycles. The molecule has 1 saturated heterocycles. The summed E-state index contributed by atoms with van der Waals surface area (Å²) in [6.45, 7) is 1.87. The predicted octanol–water partition coefficient (Wildman–Crippen LogP) is 5.09. The topological polar surface area (TPSA) is 79.0 Å². The van der Waals surface area contributed by atoms with E-state index in [0.717, 1.165) is 5.56 Å². The van der Waals surface area contributed by atoms with Crippen molar-refractivity contribution >= 4 is 41.0 Å². The molecule has 1 fully saturated rings. The molecule has 3 aromatic carbocycles. The van der Waals surface area contributed by atoms with Gasteiger partial charge < -0.3 is 10.1 Å². The van der Waals surface area contributed by atoms with Crippen LogP contribution in [-0.2, 0) is 14.3 Å². The van der Waals surface area contributed by atoms with Crippen molar-refractivity contribution in [2.24, 2.45) is 0 Å². The second kappa shape index (κ2) is 10.4. The van der Waals surface area contributed by atoms with Gasteiger partial charge in [-0.15, -0.1) is 0 Å². The number of esters is 1. The molecule has 0 radical (unpaired) electrons. The van der Waals surface area contributed by atoms with Crippen LogP contribution in [0.15, 0.2) is 90.6 Å². The van der Waals surface area contributed by atoms with E-state index in [2.05, 4.69) is 5.32 Å². The number of nitrogens with one attached hydrogen (secondary N) is 1. The fourth-order valence-corrected chi connectivity index (χ4v) is 5.43. The van der Waals surface area contributed by atoms with Gasteiger partial charge in [-0.25, -0.2) is 9.80 Å². The summed E-state index contributed by atoms with van der Waals surface area (Å²) in [5, 5.41) is 6.69. The lowest BCUT2D eigenvalue weighted by molar-refractivity contribution is -0.140. The van der Waals surface area contributed by atoms with Gasteiger partial charge in [0.15, 0.2) is 0 Å². The summed E-state index contributed by atoms with van der Waals surface area (Å²) in [6, 6.07) is 20.6. The third kappa shape index (κ3) is 4.50. The lowest BCUT2D eigenvalue weighted by atomic mass is 9.93.